The molecular formula is C15H24F3NO4. The van der Waals surface area contributed by atoms with E-state index in [4.69, 9.17) is 9.47 Å². The molecule has 8 heteroatoms. The molecule has 0 aromatic rings. The van der Waals surface area contributed by atoms with Crippen molar-refractivity contribution in [3.05, 3.63) is 0 Å². The molecule has 1 saturated heterocycles. The van der Waals surface area contributed by atoms with Crippen molar-refractivity contribution in [1.29, 1.82) is 0 Å². The number of amides is 1. The van der Waals surface area contributed by atoms with E-state index in [-0.39, 0.29) is 6.61 Å². The molecule has 0 spiro atoms. The number of esters is 1. The SMILES string of the molecule is CCC1(C)COC(C)(C(F)(F)F)N(CC(=O)OC(C)(C)C)C1=O. The number of halogens is 3. The van der Waals surface area contributed by atoms with Crippen LogP contribution in [-0.4, -0.2) is 47.4 Å². The van der Waals surface area contributed by atoms with E-state index in [1.54, 1.807) is 27.7 Å². The normalized spacial score (nSPS) is 29.6. The van der Waals surface area contributed by atoms with E-state index in [0.717, 1.165) is 6.92 Å². The lowest BCUT2D eigenvalue weighted by Gasteiger charge is -2.50. The molecule has 1 heterocycles. The number of hydrogen-bond acceptors (Lipinski definition) is 4. The molecule has 1 aliphatic rings. The van der Waals surface area contributed by atoms with Crippen LogP contribution in [0.15, 0.2) is 0 Å². The minimum absolute atomic E-state index is 0.296. The van der Waals surface area contributed by atoms with E-state index in [0.29, 0.717) is 11.3 Å². The van der Waals surface area contributed by atoms with Crippen LogP contribution in [0, 0.1) is 5.41 Å². The van der Waals surface area contributed by atoms with E-state index in [2.05, 4.69) is 0 Å². The molecule has 1 fully saturated rings. The van der Waals surface area contributed by atoms with Gasteiger partial charge in [-0.3, -0.25) is 14.5 Å². The Bertz CT molecular complexity index is 486. The van der Waals surface area contributed by atoms with E-state index in [9.17, 15) is 22.8 Å². The third-order valence-electron chi connectivity index (χ3n) is 3.96. The largest absolute Gasteiger partial charge is 0.459 e. The van der Waals surface area contributed by atoms with Crippen LogP contribution in [0.4, 0.5) is 13.2 Å². The number of rotatable bonds is 3. The molecule has 5 nitrogen and oxygen atoms in total. The van der Waals surface area contributed by atoms with Crippen molar-refractivity contribution < 1.29 is 32.2 Å². The molecule has 0 radical (unpaired) electrons. The zero-order valence-corrected chi connectivity index (χ0v) is 14.3. The summed E-state index contributed by atoms with van der Waals surface area (Å²) in [6.45, 7) is 7.57. The molecule has 0 N–H and O–H groups in total. The first-order valence-corrected chi connectivity index (χ1v) is 7.41. The Kier molecular flexibility index (Phi) is 5.11. The van der Waals surface area contributed by atoms with Crippen molar-refractivity contribution in [3.8, 4) is 0 Å². The first-order chi connectivity index (χ1) is 10.2. The first-order valence-electron chi connectivity index (χ1n) is 7.41. The van der Waals surface area contributed by atoms with E-state index < -0.39 is 41.3 Å². The van der Waals surface area contributed by atoms with Crippen molar-refractivity contribution in [3.63, 3.8) is 0 Å². The van der Waals surface area contributed by atoms with Crippen molar-refractivity contribution in [2.75, 3.05) is 13.2 Å². The lowest BCUT2D eigenvalue weighted by atomic mass is 9.84. The Morgan fingerprint density at radius 1 is 1.30 bits per heavy atom. The zero-order valence-electron chi connectivity index (χ0n) is 14.3. The van der Waals surface area contributed by atoms with Crippen LogP contribution >= 0.6 is 0 Å². The molecule has 2 atom stereocenters. The first kappa shape index (κ1) is 19.7. The molecule has 23 heavy (non-hydrogen) atoms. The summed E-state index contributed by atoms with van der Waals surface area (Å²) in [6.07, 6.45) is -4.54. The standard InChI is InChI=1S/C15H24F3NO4/c1-7-13(5)9-22-14(6,15(16,17)18)19(11(13)21)8-10(20)23-12(2,3)4/h7-9H2,1-6H3. The summed E-state index contributed by atoms with van der Waals surface area (Å²) in [6, 6.07) is 0. The fraction of sp³-hybridized carbons (Fsp3) is 0.867. The van der Waals surface area contributed by atoms with Gasteiger partial charge in [0.25, 0.3) is 0 Å². The lowest BCUT2D eigenvalue weighted by Crippen LogP contribution is -2.69. The number of hydrogen-bond donors (Lipinski definition) is 0. The monoisotopic (exact) mass is 339 g/mol. The maximum atomic E-state index is 13.4. The van der Waals surface area contributed by atoms with Gasteiger partial charge in [0.2, 0.25) is 11.6 Å². The highest BCUT2D eigenvalue weighted by Gasteiger charge is 2.63. The minimum atomic E-state index is -4.83. The summed E-state index contributed by atoms with van der Waals surface area (Å²) in [5.74, 6) is -1.68. The van der Waals surface area contributed by atoms with Crippen molar-refractivity contribution in [2.24, 2.45) is 5.41 Å². The predicted molar refractivity (Wildman–Crippen MR) is 76.4 cm³/mol. The Balaban J connectivity index is 3.16. The van der Waals surface area contributed by atoms with Gasteiger partial charge in [0, 0.05) is 0 Å². The van der Waals surface area contributed by atoms with Gasteiger partial charge < -0.3 is 9.47 Å². The molecular weight excluding hydrogens is 315 g/mol. The predicted octanol–water partition coefficient (Wildman–Crippen LogP) is 2.88. The van der Waals surface area contributed by atoms with Crippen LogP contribution in [-0.2, 0) is 19.1 Å². The number of ether oxygens (including phenoxy) is 2. The molecule has 134 valence electrons. The Hall–Kier alpha value is -1.31. The number of carbonyl (C=O) groups is 2. The van der Waals surface area contributed by atoms with Crippen LogP contribution in [0.25, 0.3) is 0 Å². The van der Waals surface area contributed by atoms with Gasteiger partial charge in [-0.1, -0.05) is 6.92 Å². The highest BCUT2D eigenvalue weighted by molar-refractivity contribution is 5.87. The topological polar surface area (TPSA) is 55.8 Å². The molecule has 0 aromatic carbocycles. The van der Waals surface area contributed by atoms with Gasteiger partial charge in [-0.05, 0) is 41.0 Å². The summed E-state index contributed by atoms with van der Waals surface area (Å²) in [5.41, 5.74) is -4.82. The Morgan fingerprint density at radius 3 is 2.22 bits per heavy atom. The quantitative estimate of drug-likeness (QED) is 0.742. The van der Waals surface area contributed by atoms with E-state index in [1.165, 1.54) is 6.92 Å². The molecule has 0 aliphatic carbocycles. The third kappa shape index (κ3) is 3.97. The van der Waals surface area contributed by atoms with Crippen LogP contribution < -0.4 is 0 Å². The highest BCUT2D eigenvalue weighted by atomic mass is 19.4. The van der Waals surface area contributed by atoms with Gasteiger partial charge in [-0.2, -0.15) is 13.2 Å². The van der Waals surface area contributed by atoms with Crippen LogP contribution in [0.2, 0.25) is 0 Å². The van der Waals surface area contributed by atoms with Gasteiger partial charge in [0.05, 0.1) is 12.0 Å². The van der Waals surface area contributed by atoms with Gasteiger partial charge in [-0.25, -0.2) is 0 Å². The van der Waals surface area contributed by atoms with Gasteiger partial charge >= 0.3 is 12.1 Å². The second-order valence-corrected chi connectivity index (χ2v) is 7.16. The van der Waals surface area contributed by atoms with Crippen molar-refractivity contribution in [2.45, 2.75) is 65.5 Å². The second kappa shape index (κ2) is 5.96. The lowest BCUT2D eigenvalue weighted by molar-refractivity contribution is -0.338. The molecule has 0 bridgehead atoms. The molecule has 1 amide bonds. The minimum Gasteiger partial charge on any atom is -0.459 e. The molecule has 2 unspecified atom stereocenters. The summed E-state index contributed by atoms with van der Waals surface area (Å²) in [4.78, 5) is 25.0. The maximum Gasteiger partial charge on any atom is 0.436 e. The number of nitrogens with zero attached hydrogens (tertiary/aromatic N) is 1. The van der Waals surface area contributed by atoms with Crippen molar-refractivity contribution >= 4 is 11.9 Å². The number of carbonyl (C=O) groups excluding carboxylic acids is 2. The Labute approximate surface area is 134 Å². The average Bonchev–Trinajstić information content (AvgIpc) is 2.36. The summed E-state index contributed by atoms with van der Waals surface area (Å²) in [5, 5.41) is 0. The maximum absolute atomic E-state index is 13.4. The molecule has 0 aromatic heterocycles. The van der Waals surface area contributed by atoms with Gasteiger partial charge in [-0.15, -0.1) is 0 Å². The number of alkyl halides is 3. The zero-order chi connectivity index (χ0) is 18.3. The van der Waals surface area contributed by atoms with Gasteiger partial charge in [0.15, 0.2) is 0 Å². The van der Waals surface area contributed by atoms with Crippen LogP contribution in [0.1, 0.15) is 48.0 Å². The second-order valence-electron chi connectivity index (χ2n) is 7.16. The van der Waals surface area contributed by atoms with Crippen LogP contribution in [0.5, 0.6) is 0 Å². The summed E-state index contributed by atoms with van der Waals surface area (Å²) < 4.78 is 50.3. The van der Waals surface area contributed by atoms with Gasteiger partial charge in [0.1, 0.15) is 12.1 Å². The fourth-order valence-corrected chi connectivity index (χ4v) is 2.17. The molecule has 0 saturated carbocycles. The summed E-state index contributed by atoms with van der Waals surface area (Å²) in [7, 11) is 0. The Morgan fingerprint density at radius 2 is 1.83 bits per heavy atom. The molecule has 1 aliphatic heterocycles. The van der Waals surface area contributed by atoms with Crippen LogP contribution in [0.3, 0.4) is 0 Å². The molecule has 1 rings (SSSR count). The summed E-state index contributed by atoms with van der Waals surface area (Å²) >= 11 is 0. The highest BCUT2D eigenvalue weighted by Crippen LogP contribution is 2.44. The van der Waals surface area contributed by atoms with Crippen molar-refractivity contribution in [1.82, 2.24) is 4.90 Å². The van der Waals surface area contributed by atoms with E-state index in [1.807, 2.05) is 0 Å². The fourth-order valence-electron chi connectivity index (χ4n) is 2.17. The third-order valence-corrected chi connectivity index (χ3v) is 3.96. The average molecular weight is 339 g/mol. The smallest absolute Gasteiger partial charge is 0.436 e. The van der Waals surface area contributed by atoms with E-state index >= 15 is 0 Å².